The number of amides is 2. The quantitative estimate of drug-likeness (QED) is 0.470. The van der Waals surface area contributed by atoms with Crippen molar-refractivity contribution in [1.82, 2.24) is 5.32 Å². The molecule has 0 radical (unpaired) electrons. The average Bonchev–Trinajstić information content (AvgIpc) is 2.45. The van der Waals surface area contributed by atoms with Crippen LogP contribution < -0.4 is 10.2 Å². The van der Waals surface area contributed by atoms with Crippen molar-refractivity contribution < 1.29 is 19.6 Å². The molecular formula is C13H15N3O5. The minimum Gasteiger partial charge on any atom is -0.391 e. The number of anilines is 1. The fraction of sp³-hybridized carbons (Fsp3) is 0.385. The van der Waals surface area contributed by atoms with Crippen LogP contribution >= 0.6 is 0 Å². The monoisotopic (exact) mass is 293 g/mol. The van der Waals surface area contributed by atoms with Gasteiger partial charge < -0.3 is 10.0 Å². The molecule has 2 N–H and O–H groups in total. The zero-order valence-corrected chi connectivity index (χ0v) is 11.4. The second-order valence-electron chi connectivity index (χ2n) is 4.69. The van der Waals surface area contributed by atoms with E-state index < -0.39 is 29.4 Å². The van der Waals surface area contributed by atoms with Gasteiger partial charge in [0.05, 0.1) is 23.6 Å². The van der Waals surface area contributed by atoms with Crippen molar-refractivity contribution in [2.24, 2.45) is 0 Å². The van der Waals surface area contributed by atoms with E-state index in [1.165, 1.54) is 18.2 Å². The highest BCUT2D eigenvalue weighted by Crippen LogP contribution is 2.27. The molecule has 1 unspecified atom stereocenters. The van der Waals surface area contributed by atoms with Gasteiger partial charge in [0.25, 0.3) is 5.69 Å². The second-order valence-corrected chi connectivity index (χ2v) is 4.69. The molecule has 1 aromatic rings. The van der Waals surface area contributed by atoms with Crippen molar-refractivity contribution in [2.75, 3.05) is 11.4 Å². The Morgan fingerprint density at radius 1 is 1.48 bits per heavy atom. The Kier molecular flexibility index (Phi) is 4.18. The number of nitrogens with one attached hydrogen (secondary N) is 1. The van der Waals surface area contributed by atoms with Gasteiger partial charge in [-0.1, -0.05) is 6.92 Å². The maximum absolute atomic E-state index is 11.8. The summed E-state index contributed by atoms with van der Waals surface area (Å²) in [5.41, 5.74) is 0.451. The lowest BCUT2D eigenvalue weighted by atomic mass is 10.1. The zero-order chi connectivity index (χ0) is 15.6. The van der Waals surface area contributed by atoms with Crippen molar-refractivity contribution in [3.05, 3.63) is 33.9 Å². The van der Waals surface area contributed by atoms with Gasteiger partial charge in [-0.15, -0.1) is 0 Å². The number of imide groups is 1. The van der Waals surface area contributed by atoms with E-state index in [9.17, 15) is 24.8 Å². The van der Waals surface area contributed by atoms with Crippen molar-refractivity contribution in [3.8, 4) is 0 Å². The van der Waals surface area contributed by atoms with E-state index in [0.717, 1.165) is 0 Å². The molecule has 0 spiro atoms. The number of aliphatic hydroxyl groups excluding tert-OH is 1. The van der Waals surface area contributed by atoms with Crippen molar-refractivity contribution in [2.45, 2.75) is 26.0 Å². The largest absolute Gasteiger partial charge is 0.391 e. The molecular weight excluding hydrogens is 278 g/mol. The van der Waals surface area contributed by atoms with Gasteiger partial charge in [-0.05, 0) is 18.6 Å². The molecule has 1 heterocycles. The molecule has 0 aliphatic carbocycles. The van der Waals surface area contributed by atoms with Crippen molar-refractivity contribution in [3.63, 3.8) is 0 Å². The number of benzene rings is 1. The summed E-state index contributed by atoms with van der Waals surface area (Å²) < 4.78 is 0. The number of rotatable bonds is 4. The Hall–Kier alpha value is -2.48. The number of carbonyl (C=O) groups is 2. The third-order valence-electron chi connectivity index (χ3n) is 3.40. The number of piperazine rings is 1. The molecule has 21 heavy (non-hydrogen) atoms. The van der Waals surface area contributed by atoms with Gasteiger partial charge in [-0.25, -0.2) is 0 Å². The first-order chi connectivity index (χ1) is 9.97. The average molecular weight is 293 g/mol. The second kappa shape index (κ2) is 5.88. The Labute approximate surface area is 120 Å². The van der Waals surface area contributed by atoms with Crippen LogP contribution in [0.25, 0.3) is 0 Å². The predicted octanol–water partition coefficient (Wildman–Crippen LogP) is 0.329. The van der Waals surface area contributed by atoms with Gasteiger partial charge in [-0.3, -0.25) is 25.0 Å². The summed E-state index contributed by atoms with van der Waals surface area (Å²) in [7, 11) is 0. The molecule has 0 aromatic heterocycles. The van der Waals surface area contributed by atoms with Gasteiger partial charge in [0, 0.05) is 11.8 Å². The van der Waals surface area contributed by atoms with Crippen LogP contribution in [0.5, 0.6) is 0 Å². The lowest BCUT2D eigenvalue weighted by molar-refractivity contribution is -0.385. The van der Waals surface area contributed by atoms with Gasteiger partial charge in [0.2, 0.25) is 11.8 Å². The summed E-state index contributed by atoms with van der Waals surface area (Å²) in [6.45, 7) is 1.31. The summed E-state index contributed by atoms with van der Waals surface area (Å²) in [6, 6.07) is 3.67. The number of nitrogens with zero attached hydrogens (tertiary/aromatic N) is 2. The highest BCUT2D eigenvalue weighted by atomic mass is 16.6. The lowest BCUT2D eigenvalue weighted by Gasteiger charge is -2.35. The van der Waals surface area contributed by atoms with Gasteiger partial charge in [0.15, 0.2) is 0 Å². The maximum atomic E-state index is 11.8. The summed E-state index contributed by atoms with van der Waals surface area (Å²) in [4.78, 5) is 35.2. The van der Waals surface area contributed by atoms with Crippen LogP contribution in [0.1, 0.15) is 18.9 Å². The molecule has 1 aliphatic heterocycles. The normalized spacial score (nSPS) is 18.6. The number of carbonyl (C=O) groups excluding carboxylic acids is 2. The minimum absolute atomic E-state index is 0.00702. The molecule has 1 aliphatic rings. The van der Waals surface area contributed by atoms with E-state index in [1.807, 2.05) is 6.92 Å². The molecule has 1 aromatic carbocycles. The van der Waals surface area contributed by atoms with Crippen LogP contribution in [0, 0.1) is 10.1 Å². The van der Waals surface area contributed by atoms with Crippen LogP contribution in [0.3, 0.4) is 0 Å². The summed E-state index contributed by atoms with van der Waals surface area (Å²) >= 11 is 0. The van der Waals surface area contributed by atoms with Crippen molar-refractivity contribution in [1.29, 1.82) is 0 Å². The fourth-order valence-corrected chi connectivity index (χ4v) is 2.40. The van der Waals surface area contributed by atoms with E-state index in [-0.39, 0.29) is 17.8 Å². The Morgan fingerprint density at radius 2 is 2.19 bits per heavy atom. The standard InChI is InChI=1S/C13H15N3O5/c1-2-10-13(19)14-12(18)6-15(10)9-3-4-11(16(20)21)8(5-9)7-17/h3-5,10,17H,2,6-7H2,1H3,(H,14,18,19). The number of nitro groups is 1. The first-order valence-corrected chi connectivity index (χ1v) is 6.46. The van der Waals surface area contributed by atoms with Gasteiger partial charge in [-0.2, -0.15) is 0 Å². The first kappa shape index (κ1) is 14.9. The Bertz CT molecular complexity index is 601. The van der Waals surface area contributed by atoms with E-state index >= 15 is 0 Å². The highest BCUT2D eigenvalue weighted by molar-refractivity contribution is 6.04. The van der Waals surface area contributed by atoms with Gasteiger partial charge in [0.1, 0.15) is 6.04 Å². The van der Waals surface area contributed by atoms with Gasteiger partial charge >= 0.3 is 0 Å². The Balaban J connectivity index is 2.42. The van der Waals surface area contributed by atoms with Crippen LogP contribution in [-0.4, -0.2) is 34.4 Å². The summed E-state index contributed by atoms with van der Waals surface area (Å²) in [5, 5.41) is 22.4. The van der Waals surface area contributed by atoms with Crippen LogP contribution in [0.4, 0.5) is 11.4 Å². The number of nitro benzene ring substituents is 1. The van der Waals surface area contributed by atoms with E-state index in [0.29, 0.717) is 12.1 Å². The molecule has 2 rings (SSSR count). The molecule has 8 heteroatoms. The summed E-state index contributed by atoms with van der Waals surface area (Å²) in [5.74, 6) is -0.814. The predicted molar refractivity (Wildman–Crippen MR) is 73.6 cm³/mol. The van der Waals surface area contributed by atoms with E-state index in [4.69, 9.17) is 0 Å². The maximum Gasteiger partial charge on any atom is 0.275 e. The van der Waals surface area contributed by atoms with Crippen molar-refractivity contribution >= 4 is 23.2 Å². The summed E-state index contributed by atoms with van der Waals surface area (Å²) in [6.07, 6.45) is 0.491. The highest BCUT2D eigenvalue weighted by Gasteiger charge is 2.33. The Morgan fingerprint density at radius 3 is 2.76 bits per heavy atom. The lowest BCUT2D eigenvalue weighted by Crippen LogP contribution is -2.58. The molecule has 8 nitrogen and oxygen atoms in total. The topological polar surface area (TPSA) is 113 Å². The number of hydrogen-bond donors (Lipinski definition) is 2. The molecule has 1 fully saturated rings. The first-order valence-electron chi connectivity index (χ1n) is 6.46. The van der Waals surface area contributed by atoms with E-state index in [1.54, 1.807) is 4.90 Å². The third-order valence-corrected chi connectivity index (χ3v) is 3.40. The van der Waals surface area contributed by atoms with E-state index in [2.05, 4.69) is 5.32 Å². The molecule has 112 valence electrons. The minimum atomic E-state index is -0.583. The molecule has 0 saturated carbocycles. The molecule has 0 bridgehead atoms. The SMILES string of the molecule is CCC1C(=O)NC(=O)CN1c1ccc([N+](=O)[O-])c(CO)c1. The molecule has 1 atom stereocenters. The third kappa shape index (κ3) is 2.84. The van der Waals surface area contributed by atoms with Crippen LogP contribution in [-0.2, 0) is 16.2 Å². The van der Waals surface area contributed by atoms with Crippen LogP contribution in [0.2, 0.25) is 0 Å². The fourth-order valence-electron chi connectivity index (χ4n) is 2.40. The molecule has 2 amide bonds. The smallest absolute Gasteiger partial charge is 0.275 e. The molecule has 1 saturated heterocycles. The number of hydrogen-bond acceptors (Lipinski definition) is 6. The van der Waals surface area contributed by atoms with Crippen LogP contribution in [0.15, 0.2) is 18.2 Å². The number of aliphatic hydroxyl groups is 1. The zero-order valence-electron chi connectivity index (χ0n) is 11.4.